The van der Waals surface area contributed by atoms with E-state index in [1.807, 2.05) is 38.1 Å². The highest BCUT2D eigenvalue weighted by atomic mass is 19.2. The quantitative estimate of drug-likeness (QED) is 0.223. The topological polar surface area (TPSA) is 68.2 Å². The Bertz CT molecular complexity index is 1740. The number of hydrogen-bond acceptors (Lipinski definition) is 3. The van der Waals surface area contributed by atoms with E-state index >= 15 is 0 Å². The molecular weight excluding hydrogens is 529 g/mol. The van der Waals surface area contributed by atoms with Gasteiger partial charge in [-0.15, -0.1) is 0 Å². The number of nitrogens with one attached hydrogen (secondary N) is 1. The molecule has 0 unspecified atom stereocenters. The van der Waals surface area contributed by atoms with E-state index in [9.17, 15) is 18.0 Å². The number of fused-ring (bicyclic) bond motifs is 1. The molecular formula is C33H27F3N2O3. The Balaban J connectivity index is 0.00000124. The molecule has 1 aromatic heterocycles. The summed E-state index contributed by atoms with van der Waals surface area (Å²) in [5.74, 6) is -3.86. The molecule has 0 aliphatic heterocycles. The lowest BCUT2D eigenvalue weighted by molar-refractivity contribution is -0.191. The summed E-state index contributed by atoms with van der Waals surface area (Å²) in [4.78, 5) is 29.2. The number of amides is 1. The number of halogens is 3. The predicted octanol–water partition coefficient (Wildman–Crippen LogP) is 7.30. The van der Waals surface area contributed by atoms with Crippen molar-refractivity contribution in [1.82, 2.24) is 9.88 Å². The van der Waals surface area contributed by atoms with E-state index in [2.05, 4.69) is 46.3 Å². The van der Waals surface area contributed by atoms with Crippen molar-refractivity contribution >= 4 is 23.0 Å². The second kappa shape index (κ2) is 12.5. The lowest BCUT2D eigenvalue weighted by atomic mass is 10.0. The molecule has 5 aromatic rings. The molecule has 1 N–H and O–H groups in total. The highest BCUT2D eigenvalue weighted by Gasteiger charge is 2.22. The van der Waals surface area contributed by atoms with Crippen LogP contribution in [0.15, 0.2) is 84.9 Å². The number of nitrogens with zero attached hydrogens (tertiary/aromatic N) is 1. The van der Waals surface area contributed by atoms with Crippen molar-refractivity contribution in [3.63, 3.8) is 0 Å². The fraction of sp³-hybridized carbons (Fsp3) is 0.152. The van der Waals surface area contributed by atoms with E-state index in [0.717, 1.165) is 45.4 Å². The highest BCUT2D eigenvalue weighted by Crippen LogP contribution is 2.29. The standard InChI is InChI=1S/C32H27F3N2O.CO2/c1-19-21(3)37(18-22-9-11-24(12-10-22)23-7-5-4-6-8-23)29-16-13-25(17-26(19)29)32(38)36-20(2)30-27(33)14-15-28(34)31(30)35;2-1-3/h4-17,20H,18H2,1-3H3,(H,36,38);/t20-;/m1./s1. The molecule has 8 heteroatoms. The van der Waals surface area contributed by atoms with Crippen LogP contribution in [0.3, 0.4) is 0 Å². The molecule has 0 bridgehead atoms. The lowest BCUT2D eigenvalue weighted by Crippen LogP contribution is -2.28. The van der Waals surface area contributed by atoms with Crippen molar-refractivity contribution in [1.29, 1.82) is 0 Å². The monoisotopic (exact) mass is 556 g/mol. The van der Waals surface area contributed by atoms with Gasteiger partial charge in [0.2, 0.25) is 0 Å². The van der Waals surface area contributed by atoms with Crippen LogP contribution in [0, 0.1) is 31.3 Å². The van der Waals surface area contributed by atoms with Crippen molar-refractivity contribution in [2.75, 3.05) is 0 Å². The van der Waals surface area contributed by atoms with Crippen LogP contribution in [-0.4, -0.2) is 16.6 Å². The van der Waals surface area contributed by atoms with Crippen LogP contribution in [0.2, 0.25) is 0 Å². The third kappa shape index (κ3) is 6.13. The number of hydrogen-bond donors (Lipinski definition) is 1. The largest absolute Gasteiger partial charge is 0.373 e. The molecule has 5 rings (SSSR count). The van der Waals surface area contributed by atoms with Crippen LogP contribution in [0.5, 0.6) is 0 Å². The van der Waals surface area contributed by atoms with Crippen LogP contribution in [0.25, 0.3) is 22.0 Å². The van der Waals surface area contributed by atoms with Crippen LogP contribution in [0.1, 0.15) is 45.7 Å². The number of aryl methyl sites for hydroxylation is 1. The zero-order valence-electron chi connectivity index (χ0n) is 22.7. The second-order valence-electron chi connectivity index (χ2n) is 9.63. The molecule has 1 heterocycles. The summed E-state index contributed by atoms with van der Waals surface area (Å²) in [7, 11) is 0. The minimum absolute atomic E-state index is 0.250. The predicted molar refractivity (Wildman–Crippen MR) is 150 cm³/mol. The smallest absolute Gasteiger partial charge is 0.345 e. The summed E-state index contributed by atoms with van der Waals surface area (Å²) in [5, 5.41) is 3.52. The molecule has 0 spiro atoms. The van der Waals surface area contributed by atoms with Crippen molar-refractivity contribution in [3.05, 3.63) is 130 Å². The molecule has 0 radical (unpaired) electrons. The Morgan fingerprint density at radius 1 is 0.854 bits per heavy atom. The van der Waals surface area contributed by atoms with Crippen LogP contribution in [0.4, 0.5) is 13.2 Å². The van der Waals surface area contributed by atoms with Crippen molar-refractivity contribution in [2.45, 2.75) is 33.4 Å². The Labute approximate surface area is 235 Å². The van der Waals surface area contributed by atoms with E-state index in [0.29, 0.717) is 12.1 Å². The second-order valence-corrected chi connectivity index (χ2v) is 9.63. The van der Waals surface area contributed by atoms with Crippen molar-refractivity contribution in [3.8, 4) is 11.1 Å². The molecule has 0 aliphatic rings. The SMILES string of the molecule is Cc1c(C)n(Cc2ccc(-c3ccccc3)cc2)c2ccc(C(=O)N[C@H](C)c3c(F)ccc(F)c3F)cc12.O=C=O. The van der Waals surface area contributed by atoms with E-state index in [4.69, 9.17) is 9.59 Å². The number of aromatic nitrogens is 1. The first kappa shape index (κ1) is 29.1. The summed E-state index contributed by atoms with van der Waals surface area (Å²) in [6.07, 6.45) is 0.250. The summed E-state index contributed by atoms with van der Waals surface area (Å²) >= 11 is 0. The summed E-state index contributed by atoms with van der Waals surface area (Å²) in [6, 6.07) is 24.6. The van der Waals surface area contributed by atoms with Crippen molar-refractivity contribution in [2.24, 2.45) is 0 Å². The fourth-order valence-corrected chi connectivity index (χ4v) is 4.90. The van der Waals surface area contributed by atoms with Crippen LogP contribution >= 0.6 is 0 Å². The third-order valence-electron chi connectivity index (χ3n) is 7.16. The zero-order chi connectivity index (χ0) is 29.7. The maximum atomic E-state index is 14.2. The Hall–Kier alpha value is -4.94. The fourth-order valence-electron chi connectivity index (χ4n) is 4.90. The van der Waals surface area contributed by atoms with Crippen LogP contribution < -0.4 is 5.32 Å². The lowest BCUT2D eigenvalue weighted by Gasteiger charge is -2.16. The first-order chi connectivity index (χ1) is 19.7. The van der Waals surface area contributed by atoms with Gasteiger partial charge in [0.05, 0.1) is 6.04 Å². The van der Waals surface area contributed by atoms with E-state index < -0.39 is 35.0 Å². The summed E-state index contributed by atoms with van der Waals surface area (Å²) < 4.78 is 44.2. The first-order valence-electron chi connectivity index (χ1n) is 12.8. The van der Waals surface area contributed by atoms with Gasteiger partial charge in [-0.3, -0.25) is 4.79 Å². The van der Waals surface area contributed by atoms with Crippen LogP contribution in [-0.2, 0) is 16.1 Å². The molecule has 41 heavy (non-hydrogen) atoms. The number of benzene rings is 4. The number of carbonyl (C=O) groups excluding carboxylic acids is 3. The molecule has 0 aliphatic carbocycles. The van der Waals surface area contributed by atoms with Crippen molar-refractivity contribution < 1.29 is 27.6 Å². The Kier molecular flexibility index (Phi) is 8.85. The van der Waals surface area contributed by atoms with Gasteiger partial charge in [0.15, 0.2) is 11.6 Å². The van der Waals surface area contributed by atoms with Gasteiger partial charge in [0.1, 0.15) is 5.82 Å². The van der Waals surface area contributed by atoms with E-state index in [-0.39, 0.29) is 6.15 Å². The van der Waals surface area contributed by atoms with Gasteiger partial charge in [-0.1, -0.05) is 54.6 Å². The van der Waals surface area contributed by atoms with Gasteiger partial charge >= 0.3 is 6.15 Å². The van der Waals surface area contributed by atoms with Gasteiger partial charge in [0, 0.05) is 34.3 Å². The minimum atomic E-state index is -1.30. The van der Waals surface area contributed by atoms with Gasteiger partial charge in [-0.2, -0.15) is 9.59 Å². The molecule has 4 aromatic carbocycles. The molecule has 0 saturated heterocycles. The average Bonchev–Trinajstić information content (AvgIpc) is 3.20. The first-order valence-corrected chi connectivity index (χ1v) is 12.8. The maximum absolute atomic E-state index is 14.2. The molecule has 0 fully saturated rings. The number of carbonyl (C=O) groups is 1. The van der Waals surface area contributed by atoms with Gasteiger partial charge < -0.3 is 9.88 Å². The van der Waals surface area contributed by atoms with Gasteiger partial charge in [-0.25, -0.2) is 13.2 Å². The normalized spacial score (nSPS) is 11.4. The number of rotatable bonds is 6. The van der Waals surface area contributed by atoms with Gasteiger partial charge in [-0.05, 0) is 73.4 Å². The molecule has 0 saturated carbocycles. The molecule has 208 valence electrons. The maximum Gasteiger partial charge on any atom is 0.373 e. The third-order valence-corrected chi connectivity index (χ3v) is 7.16. The molecule has 1 atom stereocenters. The average molecular weight is 557 g/mol. The Morgan fingerprint density at radius 2 is 1.46 bits per heavy atom. The van der Waals surface area contributed by atoms with E-state index in [1.165, 1.54) is 12.5 Å². The molecule has 5 nitrogen and oxygen atoms in total. The van der Waals surface area contributed by atoms with Gasteiger partial charge in [0.25, 0.3) is 5.91 Å². The highest BCUT2D eigenvalue weighted by molar-refractivity contribution is 5.99. The minimum Gasteiger partial charge on any atom is -0.345 e. The Morgan fingerprint density at radius 3 is 2.12 bits per heavy atom. The summed E-state index contributed by atoms with van der Waals surface area (Å²) in [6.45, 7) is 6.15. The summed E-state index contributed by atoms with van der Waals surface area (Å²) in [5.41, 5.74) is 6.44. The zero-order valence-corrected chi connectivity index (χ0v) is 22.7. The van der Waals surface area contributed by atoms with E-state index in [1.54, 1.807) is 12.1 Å². The molecule has 1 amide bonds.